The van der Waals surface area contributed by atoms with Crippen LogP contribution in [0.5, 0.6) is 0 Å². The molecule has 0 aliphatic carbocycles. The Hall–Kier alpha value is -2.37. The summed E-state index contributed by atoms with van der Waals surface area (Å²) in [5, 5.41) is 17.9. The Morgan fingerprint density at radius 2 is 1.53 bits per heavy atom. The third kappa shape index (κ3) is 2.25. The number of rotatable bonds is 5. The maximum Gasteiger partial charge on any atom is 0.331 e. The average Bonchev–Trinajstić information content (AvgIpc) is 2.25. The summed E-state index contributed by atoms with van der Waals surface area (Å²) in [4.78, 5) is 33.2. The second-order valence-electron chi connectivity index (χ2n) is 3.54. The van der Waals surface area contributed by atoms with Crippen molar-refractivity contribution in [1.82, 2.24) is 0 Å². The van der Waals surface area contributed by atoms with Crippen LogP contribution in [0.3, 0.4) is 0 Å². The molecule has 1 amide bonds. The summed E-state index contributed by atoms with van der Waals surface area (Å²) in [5.74, 6) is -4.91. The van der Waals surface area contributed by atoms with E-state index in [0.29, 0.717) is 5.56 Å². The summed E-state index contributed by atoms with van der Waals surface area (Å²) < 4.78 is 0. The largest absolute Gasteiger partial charge is 0.480 e. The molecule has 90 valence electrons. The van der Waals surface area contributed by atoms with Crippen molar-refractivity contribution in [3.05, 3.63) is 35.9 Å². The highest BCUT2D eigenvalue weighted by atomic mass is 16.4. The van der Waals surface area contributed by atoms with Crippen LogP contribution in [0.15, 0.2) is 30.3 Å². The average molecular weight is 237 g/mol. The van der Waals surface area contributed by atoms with Gasteiger partial charge in [0, 0.05) is 6.42 Å². The summed E-state index contributed by atoms with van der Waals surface area (Å²) in [6.07, 6.45) is -0.478. The number of nitrogens with two attached hydrogens (primary N) is 1. The van der Waals surface area contributed by atoms with Gasteiger partial charge in [0.05, 0.1) is 0 Å². The van der Waals surface area contributed by atoms with Crippen molar-refractivity contribution in [3.8, 4) is 0 Å². The second-order valence-corrected chi connectivity index (χ2v) is 3.54. The maximum absolute atomic E-state index is 11.2. The predicted octanol–water partition coefficient (Wildman–Crippen LogP) is -0.130. The number of carboxylic acids is 2. The monoisotopic (exact) mass is 237 g/mol. The van der Waals surface area contributed by atoms with E-state index in [4.69, 9.17) is 15.9 Å². The van der Waals surface area contributed by atoms with Crippen molar-refractivity contribution in [2.75, 3.05) is 0 Å². The van der Waals surface area contributed by atoms with Crippen molar-refractivity contribution in [2.45, 2.75) is 6.42 Å². The smallest absolute Gasteiger partial charge is 0.331 e. The number of amides is 1. The summed E-state index contributed by atoms with van der Waals surface area (Å²) >= 11 is 0. The van der Waals surface area contributed by atoms with Gasteiger partial charge in [-0.15, -0.1) is 0 Å². The quantitative estimate of drug-likeness (QED) is 0.616. The Labute approximate surface area is 96.7 Å². The van der Waals surface area contributed by atoms with Gasteiger partial charge in [0.25, 0.3) is 0 Å². The zero-order valence-electron chi connectivity index (χ0n) is 8.79. The standard InChI is InChI=1S/C11H11NO5/c12-8(13)11(9(14)15,10(16)17)6-7-4-2-1-3-5-7/h1-5H,6H2,(H2,12,13)(H,14,15)(H,16,17). The van der Waals surface area contributed by atoms with Crippen LogP contribution in [0.2, 0.25) is 0 Å². The molecule has 0 aliphatic heterocycles. The lowest BCUT2D eigenvalue weighted by atomic mass is 9.81. The molecular weight excluding hydrogens is 226 g/mol. The van der Waals surface area contributed by atoms with E-state index in [9.17, 15) is 14.4 Å². The van der Waals surface area contributed by atoms with E-state index in [1.165, 1.54) is 12.1 Å². The van der Waals surface area contributed by atoms with Crippen LogP contribution in [0, 0.1) is 5.41 Å². The van der Waals surface area contributed by atoms with Gasteiger partial charge in [0.1, 0.15) is 0 Å². The third-order valence-electron chi connectivity index (χ3n) is 2.46. The predicted molar refractivity (Wildman–Crippen MR) is 57.0 cm³/mol. The topological polar surface area (TPSA) is 118 Å². The molecule has 0 saturated heterocycles. The third-order valence-corrected chi connectivity index (χ3v) is 2.46. The van der Waals surface area contributed by atoms with Crippen LogP contribution in [0.4, 0.5) is 0 Å². The Morgan fingerprint density at radius 3 is 1.88 bits per heavy atom. The lowest BCUT2D eigenvalue weighted by molar-refractivity contribution is -0.168. The molecular formula is C11H11NO5. The number of hydrogen-bond acceptors (Lipinski definition) is 3. The highest BCUT2D eigenvalue weighted by Crippen LogP contribution is 2.24. The summed E-state index contributed by atoms with van der Waals surface area (Å²) in [5.41, 5.74) is 2.71. The molecule has 0 aliphatic rings. The molecule has 6 heteroatoms. The highest BCUT2D eigenvalue weighted by molar-refractivity contribution is 6.18. The van der Waals surface area contributed by atoms with Crippen molar-refractivity contribution >= 4 is 17.8 Å². The Balaban J connectivity index is 3.21. The lowest BCUT2D eigenvalue weighted by Gasteiger charge is -2.20. The number of hydrogen-bond donors (Lipinski definition) is 3. The van der Waals surface area contributed by atoms with Gasteiger partial charge in [-0.3, -0.25) is 14.4 Å². The molecule has 6 nitrogen and oxygen atoms in total. The van der Waals surface area contributed by atoms with Crippen LogP contribution in [0.25, 0.3) is 0 Å². The van der Waals surface area contributed by atoms with Gasteiger partial charge in [-0.2, -0.15) is 0 Å². The maximum atomic E-state index is 11.2. The Kier molecular flexibility index (Phi) is 3.47. The van der Waals surface area contributed by atoms with Crippen molar-refractivity contribution < 1.29 is 24.6 Å². The first-order chi connectivity index (χ1) is 7.91. The first-order valence-corrected chi connectivity index (χ1v) is 4.72. The van der Waals surface area contributed by atoms with E-state index in [2.05, 4.69) is 0 Å². The van der Waals surface area contributed by atoms with E-state index in [1.807, 2.05) is 0 Å². The van der Waals surface area contributed by atoms with Gasteiger partial charge >= 0.3 is 11.9 Å². The minimum atomic E-state index is -2.62. The van der Waals surface area contributed by atoms with Gasteiger partial charge < -0.3 is 15.9 Å². The van der Waals surface area contributed by atoms with Crippen molar-refractivity contribution in [2.24, 2.45) is 11.1 Å². The summed E-state index contributed by atoms with van der Waals surface area (Å²) in [6, 6.07) is 7.99. The molecule has 0 fully saturated rings. The van der Waals surface area contributed by atoms with E-state index in [0.717, 1.165) is 0 Å². The van der Waals surface area contributed by atoms with Crippen LogP contribution in [-0.4, -0.2) is 28.1 Å². The second kappa shape index (κ2) is 4.65. The Bertz CT molecular complexity index is 418. The fraction of sp³-hybridized carbons (Fsp3) is 0.182. The molecule has 1 aromatic carbocycles. The molecule has 17 heavy (non-hydrogen) atoms. The summed E-state index contributed by atoms with van der Waals surface area (Å²) in [6.45, 7) is 0. The molecule has 0 atom stereocenters. The van der Waals surface area contributed by atoms with Crippen LogP contribution < -0.4 is 5.73 Å². The van der Waals surface area contributed by atoms with Gasteiger partial charge in [0.15, 0.2) is 0 Å². The van der Waals surface area contributed by atoms with Crippen molar-refractivity contribution in [3.63, 3.8) is 0 Å². The zero-order valence-corrected chi connectivity index (χ0v) is 8.79. The first kappa shape index (κ1) is 12.7. The molecule has 1 rings (SSSR count). The Morgan fingerprint density at radius 1 is 1.06 bits per heavy atom. The lowest BCUT2D eigenvalue weighted by Crippen LogP contribution is -2.51. The van der Waals surface area contributed by atoms with Crippen LogP contribution >= 0.6 is 0 Å². The van der Waals surface area contributed by atoms with Gasteiger partial charge in [-0.1, -0.05) is 30.3 Å². The van der Waals surface area contributed by atoms with Crippen molar-refractivity contribution in [1.29, 1.82) is 0 Å². The summed E-state index contributed by atoms with van der Waals surface area (Å²) in [7, 11) is 0. The minimum absolute atomic E-state index is 0.413. The van der Waals surface area contributed by atoms with E-state index in [-0.39, 0.29) is 0 Å². The normalized spacial score (nSPS) is 10.8. The SMILES string of the molecule is NC(=O)C(Cc1ccccc1)(C(=O)O)C(=O)O. The minimum Gasteiger partial charge on any atom is -0.480 e. The highest BCUT2D eigenvalue weighted by Gasteiger charge is 2.52. The zero-order chi connectivity index (χ0) is 13.1. The van der Waals surface area contributed by atoms with E-state index < -0.39 is 29.7 Å². The van der Waals surface area contributed by atoms with E-state index >= 15 is 0 Å². The van der Waals surface area contributed by atoms with Crippen LogP contribution in [0.1, 0.15) is 5.56 Å². The molecule has 0 unspecified atom stereocenters. The molecule has 1 aromatic rings. The molecule has 0 spiro atoms. The molecule has 0 saturated carbocycles. The van der Waals surface area contributed by atoms with E-state index in [1.54, 1.807) is 18.2 Å². The number of carbonyl (C=O) groups is 3. The molecule has 4 N–H and O–H groups in total. The number of primary amides is 1. The fourth-order valence-corrected chi connectivity index (χ4v) is 1.44. The van der Waals surface area contributed by atoms with Gasteiger partial charge in [-0.25, -0.2) is 0 Å². The fourth-order valence-electron chi connectivity index (χ4n) is 1.44. The molecule has 0 radical (unpaired) electrons. The molecule has 0 heterocycles. The van der Waals surface area contributed by atoms with Gasteiger partial charge in [-0.05, 0) is 5.56 Å². The van der Waals surface area contributed by atoms with Crippen LogP contribution in [-0.2, 0) is 20.8 Å². The molecule has 0 aromatic heterocycles. The number of carbonyl (C=O) groups excluding carboxylic acids is 1. The number of carboxylic acid groups (broad SMARTS) is 2. The molecule has 0 bridgehead atoms. The van der Waals surface area contributed by atoms with Gasteiger partial charge in [0.2, 0.25) is 11.3 Å². The number of aliphatic carboxylic acids is 2. The first-order valence-electron chi connectivity index (χ1n) is 4.72. The number of benzene rings is 1.